The highest BCUT2D eigenvalue weighted by Crippen LogP contribution is 2.33. The Kier molecular flexibility index (Phi) is 9.70. The molecule has 0 radical (unpaired) electrons. The molecule has 3 rings (SSSR count). The second-order valence-electron chi connectivity index (χ2n) is 6.38. The van der Waals surface area contributed by atoms with E-state index < -0.39 is 0 Å². The summed E-state index contributed by atoms with van der Waals surface area (Å²) in [5.41, 5.74) is 7.23. The number of benzene rings is 1. The van der Waals surface area contributed by atoms with Crippen molar-refractivity contribution in [3.63, 3.8) is 0 Å². The van der Waals surface area contributed by atoms with Crippen molar-refractivity contribution in [1.29, 1.82) is 0 Å². The summed E-state index contributed by atoms with van der Waals surface area (Å²) in [5, 5.41) is 0.847. The van der Waals surface area contributed by atoms with E-state index in [9.17, 15) is 4.79 Å². The fourth-order valence-electron chi connectivity index (χ4n) is 3.41. The number of ether oxygens (including phenoxy) is 1. The van der Waals surface area contributed by atoms with Crippen molar-refractivity contribution in [3.05, 3.63) is 52.0 Å². The third kappa shape index (κ3) is 5.42. The summed E-state index contributed by atoms with van der Waals surface area (Å²) in [7, 11) is 0. The molecule has 1 aliphatic rings. The van der Waals surface area contributed by atoms with Gasteiger partial charge in [-0.3, -0.25) is 4.79 Å². The van der Waals surface area contributed by atoms with Gasteiger partial charge >= 0.3 is 0 Å². The van der Waals surface area contributed by atoms with Crippen molar-refractivity contribution < 1.29 is 9.53 Å². The highest BCUT2D eigenvalue weighted by molar-refractivity contribution is 7.13. The number of hydrogen-bond acceptors (Lipinski definition) is 5. The van der Waals surface area contributed by atoms with Gasteiger partial charge in [-0.15, -0.1) is 36.2 Å². The van der Waals surface area contributed by atoms with E-state index in [2.05, 4.69) is 17.1 Å². The zero-order chi connectivity index (χ0) is 17.8. The number of amides is 1. The summed E-state index contributed by atoms with van der Waals surface area (Å²) in [6, 6.07) is 10.3. The number of nitrogens with zero attached hydrogens (tertiary/aromatic N) is 2. The average Bonchev–Trinajstić information content (AvgIpc) is 3.29. The normalized spacial score (nSPS) is 19.9. The average molecular weight is 432 g/mol. The van der Waals surface area contributed by atoms with Gasteiger partial charge in [-0.25, -0.2) is 4.98 Å². The van der Waals surface area contributed by atoms with E-state index in [1.807, 2.05) is 36.9 Å². The number of hydrogen-bond donors (Lipinski definition) is 1. The molecule has 1 aliphatic heterocycles. The van der Waals surface area contributed by atoms with E-state index in [-0.39, 0.29) is 36.8 Å². The Morgan fingerprint density at radius 3 is 2.67 bits per heavy atom. The molecule has 2 N–H and O–H groups in total. The van der Waals surface area contributed by atoms with E-state index in [0.29, 0.717) is 43.0 Å². The Bertz CT molecular complexity index is 714. The van der Waals surface area contributed by atoms with Crippen LogP contribution in [-0.2, 0) is 4.74 Å². The maximum absolute atomic E-state index is 12.9. The molecule has 0 spiro atoms. The molecule has 5 nitrogen and oxygen atoms in total. The standard InChI is InChI=1S/C19H25N3O2S.2ClH/c1-3-24-13(2)18-21-10-17(25-18)19(23)22-11-15(9-20)16(12-22)14-7-5-4-6-8-14;;/h4-8,10,13,15-16H,3,9,11-12,20H2,1-2H3;2*1H/t13?,15-,16+;;/m1../s1. The third-order valence-electron chi connectivity index (χ3n) is 4.76. The van der Waals surface area contributed by atoms with Crippen molar-refractivity contribution in [2.45, 2.75) is 25.9 Å². The van der Waals surface area contributed by atoms with Crippen molar-refractivity contribution in [2.24, 2.45) is 11.7 Å². The first kappa shape index (κ1) is 23.9. The number of aromatic nitrogens is 1. The predicted molar refractivity (Wildman–Crippen MR) is 114 cm³/mol. The summed E-state index contributed by atoms with van der Waals surface area (Å²) in [5.74, 6) is 0.635. The van der Waals surface area contributed by atoms with Gasteiger partial charge in [0, 0.05) is 25.6 Å². The predicted octanol–water partition coefficient (Wildman–Crippen LogP) is 3.90. The minimum absolute atomic E-state index is 0. The number of carbonyl (C=O) groups is 1. The van der Waals surface area contributed by atoms with Crippen LogP contribution in [0.4, 0.5) is 0 Å². The topological polar surface area (TPSA) is 68.5 Å². The van der Waals surface area contributed by atoms with Crippen LogP contribution in [0, 0.1) is 5.92 Å². The SMILES string of the molecule is CCOC(C)c1ncc(C(=O)N2C[C@@H](CN)[C@H](c3ccccc3)C2)s1.Cl.Cl. The summed E-state index contributed by atoms with van der Waals surface area (Å²) in [6.45, 7) is 6.53. The molecule has 1 aromatic carbocycles. The first-order chi connectivity index (χ1) is 12.1. The number of nitrogens with two attached hydrogens (primary N) is 1. The number of likely N-dealkylation sites (tertiary alicyclic amines) is 1. The van der Waals surface area contributed by atoms with Gasteiger partial charge < -0.3 is 15.4 Å². The van der Waals surface area contributed by atoms with Crippen LogP contribution in [-0.4, -0.2) is 42.0 Å². The minimum Gasteiger partial charge on any atom is -0.372 e. The molecule has 2 heterocycles. The quantitative estimate of drug-likeness (QED) is 0.752. The zero-order valence-electron chi connectivity index (χ0n) is 15.5. The molecule has 27 heavy (non-hydrogen) atoms. The van der Waals surface area contributed by atoms with Crippen LogP contribution in [0.15, 0.2) is 36.5 Å². The van der Waals surface area contributed by atoms with Crippen molar-refractivity contribution in [2.75, 3.05) is 26.2 Å². The number of thiazole rings is 1. The van der Waals surface area contributed by atoms with E-state index in [1.54, 1.807) is 6.20 Å². The van der Waals surface area contributed by atoms with Crippen LogP contribution in [0.2, 0.25) is 0 Å². The zero-order valence-corrected chi connectivity index (χ0v) is 18.0. The van der Waals surface area contributed by atoms with Crippen LogP contribution in [0.3, 0.4) is 0 Å². The fraction of sp³-hybridized carbons (Fsp3) is 0.474. The van der Waals surface area contributed by atoms with Crippen LogP contribution in [0.5, 0.6) is 0 Å². The Morgan fingerprint density at radius 2 is 2.04 bits per heavy atom. The monoisotopic (exact) mass is 431 g/mol. The molecule has 0 aliphatic carbocycles. The van der Waals surface area contributed by atoms with Crippen molar-refractivity contribution in [1.82, 2.24) is 9.88 Å². The molecular formula is C19H27Cl2N3O2S. The Morgan fingerprint density at radius 1 is 1.33 bits per heavy atom. The largest absolute Gasteiger partial charge is 0.372 e. The van der Waals surface area contributed by atoms with Gasteiger partial charge in [-0.1, -0.05) is 30.3 Å². The maximum Gasteiger partial charge on any atom is 0.265 e. The molecule has 8 heteroatoms. The third-order valence-corrected chi connectivity index (χ3v) is 5.90. The molecule has 0 saturated carbocycles. The number of rotatable bonds is 6. The summed E-state index contributed by atoms with van der Waals surface area (Å²) in [6.07, 6.45) is 1.59. The molecule has 1 fully saturated rings. The van der Waals surface area contributed by atoms with E-state index in [4.69, 9.17) is 10.5 Å². The second kappa shape index (κ2) is 11.0. The lowest BCUT2D eigenvalue weighted by atomic mass is 9.89. The lowest BCUT2D eigenvalue weighted by molar-refractivity contribution is 0.0762. The first-order valence-corrected chi connectivity index (χ1v) is 9.57. The molecule has 0 bridgehead atoms. The molecule has 150 valence electrons. The maximum atomic E-state index is 12.9. The Hall–Kier alpha value is -1.18. The van der Waals surface area contributed by atoms with Crippen LogP contribution >= 0.6 is 36.2 Å². The van der Waals surface area contributed by atoms with Gasteiger partial charge in [0.2, 0.25) is 0 Å². The highest BCUT2D eigenvalue weighted by atomic mass is 35.5. The number of carbonyl (C=O) groups excluding carboxylic acids is 1. The van der Waals surface area contributed by atoms with Crippen molar-refractivity contribution in [3.8, 4) is 0 Å². The summed E-state index contributed by atoms with van der Waals surface area (Å²) < 4.78 is 5.56. The molecule has 1 unspecified atom stereocenters. The lowest BCUT2D eigenvalue weighted by Gasteiger charge is -2.16. The van der Waals surface area contributed by atoms with Crippen LogP contribution in [0.1, 0.15) is 46.1 Å². The van der Waals surface area contributed by atoms with E-state index in [0.717, 1.165) is 5.01 Å². The van der Waals surface area contributed by atoms with Crippen molar-refractivity contribution >= 4 is 42.1 Å². The molecule has 1 aromatic heterocycles. The van der Waals surface area contributed by atoms with E-state index in [1.165, 1.54) is 16.9 Å². The van der Waals surface area contributed by atoms with Gasteiger partial charge in [-0.05, 0) is 31.9 Å². The summed E-state index contributed by atoms with van der Waals surface area (Å²) in [4.78, 5) is 19.8. The molecule has 1 amide bonds. The van der Waals surface area contributed by atoms with Crippen LogP contribution in [0.25, 0.3) is 0 Å². The molecular weight excluding hydrogens is 405 g/mol. The van der Waals surface area contributed by atoms with Gasteiger partial charge in [0.05, 0.1) is 6.20 Å². The van der Waals surface area contributed by atoms with E-state index >= 15 is 0 Å². The second-order valence-corrected chi connectivity index (χ2v) is 7.45. The van der Waals surface area contributed by atoms with Gasteiger partial charge in [0.1, 0.15) is 16.0 Å². The Balaban J connectivity index is 0.00000182. The lowest BCUT2D eigenvalue weighted by Crippen LogP contribution is -2.29. The number of halogens is 2. The minimum atomic E-state index is -0.0796. The molecule has 2 aromatic rings. The molecule has 1 saturated heterocycles. The summed E-state index contributed by atoms with van der Waals surface area (Å²) >= 11 is 1.42. The molecule has 3 atom stereocenters. The van der Waals surface area contributed by atoms with Gasteiger partial charge in [-0.2, -0.15) is 0 Å². The van der Waals surface area contributed by atoms with Gasteiger partial charge in [0.25, 0.3) is 5.91 Å². The Labute approximate surface area is 177 Å². The highest BCUT2D eigenvalue weighted by Gasteiger charge is 2.36. The smallest absolute Gasteiger partial charge is 0.265 e. The van der Waals surface area contributed by atoms with Gasteiger partial charge in [0.15, 0.2) is 0 Å². The fourth-order valence-corrected chi connectivity index (χ4v) is 4.29. The van der Waals surface area contributed by atoms with Crippen LogP contribution < -0.4 is 5.73 Å². The first-order valence-electron chi connectivity index (χ1n) is 8.75.